The molecule has 0 spiro atoms. The molecule has 2 aromatic rings. The van der Waals surface area contributed by atoms with Crippen LogP contribution in [0.5, 0.6) is 11.5 Å². The summed E-state index contributed by atoms with van der Waals surface area (Å²) in [5, 5.41) is 9.91. The lowest BCUT2D eigenvalue weighted by atomic mass is 9.91. The average Bonchev–Trinajstić information content (AvgIpc) is 2.84. The first-order valence-corrected chi connectivity index (χ1v) is 13.3. The Morgan fingerprint density at radius 3 is 2.17 bits per heavy atom. The van der Waals surface area contributed by atoms with E-state index in [0.717, 1.165) is 28.4 Å². The summed E-state index contributed by atoms with van der Waals surface area (Å²) in [6, 6.07) is 10.7. The highest BCUT2D eigenvalue weighted by Gasteiger charge is 2.40. The molecule has 1 heterocycles. The molecule has 0 aliphatic carbocycles. The molecule has 0 unspecified atom stereocenters. The number of hydrogen-bond acceptors (Lipinski definition) is 5. The van der Waals surface area contributed by atoms with Gasteiger partial charge in [0.15, 0.2) is 17.4 Å². The van der Waals surface area contributed by atoms with Crippen molar-refractivity contribution in [3.8, 4) is 22.6 Å². The van der Waals surface area contributed by atoms with Gasteiger partial charge in [-0.05, 0) is 71.6 Å². The number of unbranched alkanes of at least 4 members (excludes halogenated alkanes) is 5. The number of benzene rings is 2. The summed E-state index contributed by atoms with van der Waals surface area (Å²) < 4.78 is 38.5. The summed E-state index contributed by atoms with van der Waals surface area (Å²) in [6.07, 6.45) is 7.00. The summed E-state index contributed by atoms with van der Waals surface area (Å²) >= 11 is 3.56. The van der Waals surface area contributed by atoms with Gasteiger partial charge in [0.1, 0.15) is 12.4 Å². The fourth-order valence-electron chi connectivity index (χ4n) is 3.85. The molecule has 1 fully saturated rings. The summed E-state index contributed by atoms with van der Waals surface area (Å²) in [4.78, 5) is 0. The van der Waals surface area contributed by atoms with Gasteiger partial charge in [-0.3, -0.25) is 0 Å². The first-order valence-electron chi connectivity index (χ1n) is 12.5. The highest BCUT2D eigenvalue weighted by Crippen LogP contribution is 2.35. The van der Waals surface area contributed by atoms with E-state index in [9.17, 15) is 9.50 Å². The molecule has 0 aromatic heterocycles. The summed E-state index contributed by atoms with van der Waals surface area (Å²) in [6.45, 7) is 7.26. The second-order valence-corrected chi connectivity index (χ2v) is 10.7. The molecule has 1 aliphatic heterocycles. The molecule has 1 aliphatic rings. The van der Waals surface area contributed by atoms with Crippen LogP contribution in [-0.2, 0) is 9.47 Å². The molecule has 0 atom stereocenters. The van der Waals surface area contributed by atoms with Gasteiger partial charge in [-0.25, -0.2) is 4.39 Å². The number of aliphatic hydroxyl groups excluding tert-OH is 1. The largest absolute Gasteiger partial charge is 0.492 e. The van der Waals surface area contributed by atoms with Crippen molar-refractivity contribution in [1.29, 1.82) is 0 Å². The predicted octanol–water partition coefficient (Wildman–Crippen LogP) is 7.13. The molecule has 0 bridgehead atoms. The van der Waals surface area contributed by atoms with Gasteiger partial charge in [0, 0.05) is 0 Å². The molecule has 1 saturated heterocycles. The minimum atomic E-state index is -0.662. The standard InChI is InChI=1S/C28H38BrFO5/c1-4-5-6-7-8-9-14-32-26-13-11-22(16-24(26)30)21-10-12-25(23(29)15-21)33-18-28(17-31)19-34-27(2,3)35-20-28/h10-13,15-16,31H,4-9,14,17-20H2,1-3H3. The van der Waals surface area contributed by atoms with Gasteiger partial charge < -0.3 is 24.1 Å². The Labute approximate surface area is 217 Å². The van der Waals surface area contributed by atoms with Gasteiger partial charge in [0.2, 0.25) is 0 Å². The third-order valence-corrected chi connectivity index (χ3v) is 6.89. The summed E-state index contributed by atoms with van der Waals surface area (Å²) in [5.41, 5.74) is 0.987. The van der Waals surface area contributed by atoms with Crippen molar-refractivity contribution in [1.82, 2.24) is 0 Å². The summed E-state index contributed by atoms with van der Waals surface area (Å²) in [5.74, 6) is -0.109. The second kappa shape index (κ2) is 13.0. The number of rotatable bonds is 13. The molecular formula is C28H38BrFO5. The lowest BCUT2D eigenvalue weighted by molar-refractivity contribution is -0.293. The van der Waals surface area contributed by atoms with E-state index in [-0.39, 0.29) is 24.8 Å². The maximum absolute atomic E-state index is 14.6. The van der Waals surface area contributed by atoms with Gasteiger partial charge in [0.25, 0.3) is 0 Å². The van der Waals surface area contributed by atoms with E-state index in [1.54, 1.807) is 6.07 Å². The van der Waals surface area contributed by atoms with E-state index in [1.807, 2.05) is 38.1 Å². The third-order valence-electron chi connectivity index (χ3n) is 6.27. The van der Waals surface area contributed by atoms with Crippen LogP contribution in [0.1, 0.15) is 59.3 Å². The van der Waals surface area contributed by atoms with Crippen molar-refractivity contribution in [2.45, 2.75) is 65.1 Å². The minimum Gasteiger partial charge on any atom is -0.492 e. The maximum atomic E-state index is 14.6. The Balaban J connectivity index is 1.55. The highest BCUT2D eigenvalue weighted by molar-refractivity contribution is 9.10. The molecular weight excluding hydrogens is 515 g/mol. The van der Waals surface area contributed by atoms with Crippen LogP contribution in [0.4, 0.5) is 4.39 Å². The zero-order valence-corrected chi connectivity index (χ0v) is 22.7. The molecule has 7 heteroatoms. The highest BCUT2D eigenvalue weighted by atomic mass is 79.9. The van der Waals surface area contributed by atoms with Crippen LogP contribution < -0.4 is 9.47 Å². The van der Waals surface area contributed by atoms with Crippen LogP contribution in [0, 0.1) is 11.2 Å². The Bertz CT molecular complexity index is 939. The molecule has 0 saturated carbocycles. The Morgan fingerprint density at radius 1 is 0.914 bits per heavy atom. The zero-order chi connectivity index (χ0) is 25.3. The van der Waals surface area contributed by atoms with E-state index >= 15 is 0 Å². The van der Waals surface area contributed by atoms with Gasteiger partial charge >= 0.3 is 0 Å². The Morgan fingerprint density at radius 2 is 1.54 bits per heavy atom. The molecule has 35 heavy (non-hydrogen) atoms. The van der Waals surface area contributed by atoms with Crippen molar-refractivity contribution < 1.29 is 28.4 Å². The average molecular weight is 554 g/mol. The van der Waals surface area contributed by atoms with Gasteiger partial charge in [-0.2, -0.15) is 0 Å². The SMILES string of the molecule is CCCCCCCCOc1ccc(-c2ccc(OCC3(CO)COC(C)(C)OC3)c(Br)c2)cc1F. The maximum Gasteiger partial charge on any atom is 0.165 e. The smallest absolute Gasteiger partial charge is 0.165 e. The molecule has 3 rings (SSSR count). The number of hydrogen-bond donors (Lipinski definition) is 1. The first-order chi connectivity index (χ1) is 16.8. The van der Waals surface area contributed by atoms with E-state index < -0.39 is 11.2 Å². The number of halogens is 2. The third kappa shape index (κ3) is 8.17. The van der Waals surface area contributed by atoms with E-state index in [1.165, 1.54) is 31.7 Å². The first kappa shape index (κ1) is 27.9. The van der Waals surface area contributed by atoms with Crippen molar-refractivity contribution in [2.75, 3.05) is 33.0 Å². The molecule has 194 valence electrons. The molecule has 0 radical (unpaired) electrons. The fraction of sp³-hybridized carbons (Fsp3) is 0.571. The van der Waals surface area contributed by atoms with Gasteiger partial charge in [-0.1, -0.05) is 51.2 Å². The van der Waals surface area contributed by atoms with Crippen LogP contribution in [-0.4, -0.2) is 43.9 Å². The van der Waals surface area contributed by atoms with E-state index in [0.29, 0.717) is 25.6 Å². The Kier molecular flexibility index (Phi) is 10.4. The predicted molar refractivity (Wildman–Crippen MR) is 139 cm³/mol. The number of ether oxygens (including phenoxy) is 4. The van der Waals surface area contributed by atoms with Crippen LogP contribution in [0.3, 0.4) is 0 Å². The second-order valence-electron chi connectivity index (χ2n) is 9.83. The lowest BCUT2D eigenvalue weighted by Gasteiger charge is -2.42. The van der Waals surface area contributed by atoms with E-state index in [2.05, 4.69) is 22.9 Å². The normalized spacial score (nSPS) is 16.7. The molecule has 5 nitrogen and oxygen atoms in total. The monoisotopic (exact) mass is 552 g/mol. The molecule has 1 N–H and O–H groups in total. The van der Waals surface area contributed by atoms with Crippen LogP contribution in [0.15, 0.2) is 40.9 Å². The summed E-state index contributed by atoms with van der Waals surface area (Å²) in [7, 11) is 0. The van der Waals surface area contributed by atoms with Crippen molar-refractivity contribution in [2.24, 2.45) is 5.41 Å². The van der Waals surface area contributed by atoms with Crippen molar-refractivity contribution >= 4 is 15.9 Å². The zero-order valence-electron chi connectivity index (χ0n) is 21.1. The quantitative estimate of drug-likeness (QED) is 0.268. The van der Waals surface area contributed by atoms with Gasteiger partial charge in [0.05, 0.1) is 36.3 Å². The minimum absolute atomic E-state index is 0.106. The fourth-order valence-corrected chi connectivity index (χ4v) is 4.34. The van der Waals surface area contributed by atoms with Gasteiger partial charge in [-0.15, -0.1) is 0 Å². The molecule has 2 aromatic carbocycles. The van der Waals surface area contributed by atoms with E-state index in [4.69, 9.17) is 18.9 Å². The lowest BCUT2D eigenvalue weighted by Crippen LogP contribution is -2.51. The number of aliphatic hydroxyl groups is 1. The topological polar surface area (TPSA) is 57.2 Å². The van der Waals surface area contributed by atoms with Crippen molar-refractivity contribution in [3.63, 3.8) is 0 Å². The Hall–Kier alpha value is -1.67. The van der Waals surface area contributed by atoms with Crippen LogP contribution >= 0.6 is 15.9 Å². The molecule has 0 amide bonds. The van der Waals surface area contributed by atoms with Crippen LogP contribution in [0.25, 0.3) is 11.1 Å². The van der Waals surface area contributed by atoms with Crippen molar-refractivity contribution in [3.05, 3.63) is 46.7 Å². The van der Waals surface area contributed by atoms with Crippen LogP contribution in [0.2, 0.25) is 0 Å².